The molecule has 6 heteroatoms. The first-order valence-corrected chi connectivity index (χ1v) is 14.7. The van der Waals surface area contributed by atoms with Gasteiger partial charge in [0.25, 0.3) is 0 Å². The summed E-state index contributed by atoms with van der Waals surface area (Å²) in [6.45, 7) is 9.38. The molecule has 0 aromatic heterocycles. The highest BCUT2D eigenvalue weighted by molar-refractivity contribution is 5.97. The first-order valence-electron chi connectivity index (χ1n) is 14.7. The second-order valence-corrected chi connectivity index (χ2v) is 10.7. The fourth-order valence-corrected chi connectivity index (χ4v) is 5.51. The van der Waals surface area contributed by atoms with Gasteiger partial charge in [0.1, 0.15) is 0 Å². The van der Waals surface area contributed by atoms with E-state index in [0.717, 1.165) is 71.9 Å². The first-order chi connectivity index (χ1) is 19.3. The van der Waals surface area contributed by atoms with E-state index in [-0.39, 0.29) is 0 Å². The third kappa shape index (κ3) is 8.73. The van der Waals surface area contributed by atoms with E-state index < -0.39 is 0 Å². The fourth-order valence-electron chi connectivity index (χ4n) is 5.51. The molecule has 39 heavy (non-hydrogen) atoms. The van der Waals surface area contributed by atoms with E-state index in [9.17, 15) is 0 Å². The van der Waals surface area contributed by atoms with Crippen LogP contribution >= 0.6 is 0 Å². The predicted molar refractivity (Wildman–Crippen MR) is 163 cm³/mol. The molecule has 2 aromatic carbocycles. The molecule has 0 spiro atoms. The maximum absolute atomic E-state index is 4.60. The summed E-state index contributed by atoms with van der Waals surface area (Å²) in [6, 6.07) is 18.5. The van der Waals surface area contributed by atoms with Crippen molar-refractivity contribution < 1.29 is 0 Å². The molecule has 2 aliphatic heterocycles. The molecule has 2 heterocycles. The minimum absolute atomic E-state index is 0.474. The number of aryl methyl sites for hydroxylation is 1. The third-order valence-corrected chi connectivity index (χ3v) is 7.75. The number of hydrogen-bond acceptors (Lipinski definition) is 6. The topological polar surface area (TPSA) is 63.7 Å². The van der Waals surface area contributed by atoms with Crippen LogP contribution in [-0.2, 0) is 19.5 Å². The van der Waals surface area contributed by atoms with Crippen molar-refractivity contribution in [1.82, 2.24) is 26.2 Å². The Morgan fingerprint density at radius 1 is 0.897 bits per heavy atom. The van der Waals surface area contributed by atoms with Gasteiger partial charge in [0.2, 0.25) is 0 Å². The van der Waals surface area contributed by atoms with Gasteiger partial charge in [0.05, 0.1) is 0 Å². The van der Waals surface area contributed by atoms with Crippen molar-refractivity contribution in [3.63, 3.8) is 0 Å². The normalized spacial score (nSPS) is 18.1. The van der Waals surface area contributed by atoms with Crippen LogP contribution in [0.25, 0.3) is 0 Å². The molecule has 0 bridgehead atoms. The van der Waals surface area contributed by atoms with Gasteiger partial charge in [-0.1, -0.05) is 66.8 Å². The number of hydrogen-bond donors (Lipinski definition) is 4. The van der Waals surface area contributed by atoms with Crippen LogP contribution in [0.2, 0.25) is 0 Å². The summed E-state index contributed by atoms with van der Waals surface area (Å²) in [6.07, 6.45) is 14.2. The van der Waals surface area contributed by atoms with Gasteiger partial charge in [0.15, 0.2) is 0 Å². The Balaban J connectivity index is 1.09. The van der Waals surface area contributed by atoms with Crippen molar-refractivity contribution in [3.05, 3.63) is 107 Å². The van der Waals surface area contributed by atoms with E-state index in [2.05, 4.69) is 110 Å². The monoisotopic (exact) mass is 524 g/mol. The molecule has 0 saturated heterocycles. The molecule has 1 unspecified atom stereocenters. The molecule has 4 N–H and O–H groups in total. The highest BCUT2D eigenvalue weighted by Crippen LogP contribution is 2.30. The smallest absolute Gasteiger partial charge is 0.0483 e. The van der Waals surface area contributed by atoms with Crippen LogP contribution in [-0.4, -0.2) is 63.0 Å². The summed E-state index contributed by atoms with van der Waals surface area (Å²) in [5.41, 5.74) is 8.12. The molecule has 1 atom stereocenters. The molecule has 1 aliphatic carbocycles. The van der Waals surface area contributed by atoms with Gasteiger partial charge in [-0.05, 0) is 53.7 Å². The van der Waals surface area contributed by atoms with E-state index in [1.807, 2.05) is 0 Å². The molecule has 0 radical (unpaired) electrons. The molecule has 206 valence electrons. The summed E-state index contributed by atoms with van der Waals surface area (Å²) < 4.78 is 0. The Morgan fingerprint density at radius 3 is 2.51 bits per heavy atom. The molecule has 6 nitrogen and oxygen atoms in total. The predicted octanol–water partition coefficient (Wildman–Crippen LogP) is 3.89. The van der Waals surface area contributed by atoms with Crippen molar-refractivity contribution in [2.24, 2.45) is 4.99 Å². The zero-order chi connectivity index (χ0) is 26.5. The molecule has 5 rings (SSSR count). The lowest BCUT2D eigenvalue weighted by atomic mass is 10.1. The highest BCUT2D eigenvalue weighted by Gasteiger charge is 2.21. The molecule has 0 saturated carbocycles. The summed E-state index contributed by atoms with van der Waals surface area (Å²) >= 11 is 0. The van der Waals surface area contributed by atoms with Gasteiger partial charge in [-0.3, -0.25) is 9.89 Å². The Kier molecular flexibility index (Phi) is 10.5. The quantitative estimate of drug-likeness (QED) is 0.266. The zero-order valence-corrected chi connectivity index (χ0v) is 23.2. The minimum Gasteiger partial charge on any atom is -0.384 e. The third-order valence-electron chi connectivity index (χ3n) is 7.75. The number of nitrogens with one attached hydrogen (secondary N) is 4. The summed E-state index contributed by atoms with van der Waals surface area (Å²) in [7, 11) is 0. The highest BCUT2D eigenvalue weighted by atomic mass is 15.2. The van der Waals surface area contributed by atoms with Crippen molar-refractivity contribution in [1.29, 1.82) is 0 Å². The number of aliphatic imine (C=N–C) groups is 1. The largest absolute Gasteiger partial charge is 0.384 e. The van der Waals surface area contributed by atoms with Crippen LogP contribution in [0.15, 0.2) is 89.6 Å². The Hall–Kier alpha value is -3.03. The summed E-state index contributed by atoms with van der Waals surface area (Å²) in [5, 5.41) is 14.4. The lowest BCUT2D eigenvalue weighted by molar-refractivity contribution is 0.267. The number of nitrogens with zero attached hydrogens (tertiary/aromatic N) is 2. The van der Waals surface area contributed by atoms with Gasteiger partial charge >= 0.3 is 0 Å². The second-order valence-electron chi connectivity index (χ2n) is 10.7. The van der Waals surface area contributed by atoms with Crippen molar-refractivity contribution in [2.75, 3.05) is 52.4 Å². The SMILES string of the molecule is C1=CCNC(CNCCN(CCNCC2=NCCC=C2)Cc2ccc(CNC3CCc4ccccc43)cc2)=C1. The molecule has 2 aromatic rings. The number of rotatable bonds is 15. The van der Waals surface area contributed by atoms with Crippen molar-refractivity contribution in [3.8, 4) is 0 Å². The summed E-state index contributed by atoms with van der Waals surface area (Å²) in [5.74, 6) is 0. The molecule has 0 amide bonds. The van der Waals surface area contributed by atoms with Crippen LogP contribution in [0.1, 0.15) is 41.1 Å². The lowest BCUT2D eigenvalue weighted by Gasteiger charge is -2.24. The second kappa shape index (κ2) is 14.9. The maximum atomic E-state index is 4.60. The Bertz CT molecular complexity index is 1160. The average Bonchev–Trinajstić information content (AvgIpc) is 3.41. The zero-order valence-electron chi connectivity index (χ0n) is 23.2. The van der Waals surface area contributed by atoms with E-state index in [0.29, 0.717) is 6.04 Å². The van der Waals surface area contributed by atoms with Crippen LogP contribution in [0, 0.1) is 0 Å². The minimum atomic E-state index is 0.474. The van der Waals surface area contributed by atoms with Crippen molar-refractivity contribution in [2.45, 2.75) is 38.4 Å². The van der Waals surface area contributed by atoms with E-state index in [1.54, 1.807) is 0 Å². The Morgan fingerprint density at radius 2 is 1.72 bits per heavy atom. The number of dihydropyridines is 2. The van der Waals surface area contributed by atoms with Gasteiger partial charge in [0, 0.05) is 82.9 Å². The van der Waals surface area contributed by atoms with Gasteiger partial charge in [-0.2, -0.15) is 0 Å². The molecular weight excluding hydrogens is 480 g/mol. The number of fused-ring (bicyclic) bond motifs is 1. The van der Waals surface area contributed by atoms with Gasteiger partial charge in [-0.15, -0.1) is 0 Å². The van der Waals surface area contributed by atoms with E-state index in [4.69, 9.17) is 0 Å². The fraction of sp³-hybridized carbons (Fsp3) is 0.424. The van der Waals surface area contributed by atoms with Crippen LogP contribution in [0.3, 0.4) is 0 Å². The lowest BCUT2D eigenvalue weighted by Crippen LogP contribution is -2.38. The summed E-state index contributed by atoms with van der Waals surface area (Å²) in [4.78, 5) is 7.15. The van der Waals surface area contributed by atoms with Crippen LogP contribution < -0.4 is 21.3 Å². The molecular formula is C33H44N6. The average molecular weight is 525 g/mol. The Labute approximate surface area is 234 Å². The van der Waals surface area contributed by atoms with Gasteiger partial charge < -0.3 is 21.3 Å². The number of benzene rings is 2. The standard InChI is InChI=1S/C33H44N6/c1-2-10-32-29(7-1)15-16-33(32)38-23-27-11-13-28(14-12-27)26-39(21-19-34-24-30-8-3-5-17-36-30)22-20-35-25-31-9-4-6-18-37-31/h1-5,7-14,33-36,38H,6,15-26H2. The van der Waals surface area contributed by atoms with Crippen molar-refractivity contribution >= 4 is 5.71 Å². The van der Waals surface area contributed by atoms with Crippen LogP contribution in [0.4, 0.5) is 0 Å². The molecule has 3 aliphatic rings. The number of allylic oxidation sites excluding steroid dienone is 2. The van der Waals surface area contributed by atoms with E-state index in [1.165, 1.54) is 46.5 Å². The first kappa shape index (κ1) is 27.5. The van der Waals surface area contributed by atoms with E-state index >= 15 is 0 Å². The molecule has 0 fully saturated rings. The van der Waals surface area contributed by atoms with Crippen LogP contribution in [0.5, 0.6) is 0 Å². The van der Waals surface area contributed by atoms with Gasteiger partial charge in [-0.25, -0.2) is 0 Å². The maximum Gasteiger partial charge on any atom is 0.0483 e.